The molecule has 0 aliphatic carbocycles. The molecule has 0 radical (unpaired) electrons. The normalized spacial score (nSPS) is 12.2. The summed E-state index contributed by atoms with van der Waals surface area (Å²) in [5.74, 6) is -0.447. The van der Waals surface area contributed by atoms with Crippen LogP contribution in [0.25, 0.3) is 0 Å². The van der Waals surface area contributed by atoms with Gasteiger partial charge < -0.3 is 10.6 Å². The third-order valence-electron chi connectivity index (χ3n) is 3.79. The molecule has 0 bridgehead atoms. The van der Waals surface area contributed by atoms with Crippen molar-refractivity contribution in [2.24, 2.45) is 5.41 Å². The monoisotopic (exact) mass is 374 g/mol. The second-order valence-corrected chi connectivity index (χ2v) is 7.30. The number of alkyl halides is 1. The van der Waals surface area contributed by atoms with E-state index in [1.807, 2.05) is 6.07 Å². The first-order valence-corrected chi connectivity index (χ1v) is 8.43. The fourth-order valence-electron chi connectivity index (χ4n) is 2.08. The summed E-state index contributed by atoms with van der Waals surface area (Å²) in [7, 11) is 0. The molecular formula is C19H20ClFN4O. The van der Waals surface area contributed by atoms with Crippen LogP contribution in [-0.2, 0) is 0 Å². The quantitative estimate of drug-likeness (QED) is 0.757. The molecule has 7 heteroatoms. The summed E-state index contributed by atoms with van der Waals surface area (Å²) in [5.41, 5.74) is 1.34. The van der Waals surface area contributed by atoms with Crippen LogP contribution in [0.5, 0.6) is 0 Å². The maximum Gasteiger partial charge on any atom is 0.255 e. The number of anilines is 2. The first-order valence-electron chi connectivity index (χ1n) is 8.05. The van der Waals surface area contributed by atoms with Gasteiger partial charge in [0.2, 0.25) is 0 Å². The van der Waals surface area contributed by atoms with E-state index in [0.717, 1.165) is 0 Å². The molecule has 0 saturated carbocycles. The van der Waals surface area contributed by atoms with Crippen molar-refractivity contribution in [3.8, 4) is 6.07 Å². The number of carbonyl (C=O) groups excluding carboxylic acids is 1. The molecule has 26 heavy (non-hydrogen) atoms. The molecule has 0 unspecified atom stereocenters. The van der Waals surface area contributed by atoms with Gasteiger partial charge in [-0.25, -0.2) is 9.37 Å². The van der Waals surface area contributed by atoms with Crippen molar-refractivity contribution in [3.63, 3.8) is 0 Å². The van der Waals surface area contributed by atoms with E-state index in [1.54, 1.807) is 45.0 Å². The second-order valence-electron chi connectivity index (χ2n) is 6.91. The number of halogens is 2. The van der Waals surface area contributed by atoms with Crippen molar-refractivity contribution in [2.75, 3.05) is 11.9 Å². The predicted octanol–water partition coefficient (Wildman–Crippen LogP) is 4.46. The average molecular weight is 375 g/mol. The molecule has 2 rings (SSSR count). The van der Waals surface area contributed by atoms with E-state index >= 15 is 0 Å². The molecule has 1 heterocycles. The van der Waals surface area contributed by atoms with Crippen molar-refractivity contribution in [1.82, 2.24) is 10.3 Å². The Kier molecular flexibility index (Phi) is 6.17. The van der Waals surface area contributed by atoms with Crippen molar-refractivity contribution in [3.05, 3.63) is 52.8 Å². The largest absolute Gasteiger partial charge is 0.355 e. The van der Waals surface area contributed by atoms with Crippen LogP contribution in [0.1, 0.15) is 36.7 Å². The molecule has 136 valence electrons. The summed E-state index contributed by atoms with van der Waals surface area (Å²) in [6.45, 7) is 5.21. The third kappa shape index (κ3) is 5.17. The molecule has 2 aromatic rings. The highest BCUT2D eigenvalue weighted by atomic mass is 35.5. The highest BCUT2D eigenvalue weighted by Crippen LogP contribution is 2.25. The van der Waals surface area contributed by atoms with Gasteiger partial charge >= 0.3 is 0 Å². The number of hydrogen-bond acceptors (Lipinski definition) is 4. The van der Waals surface area contributed by atoms with Crippen LogP contribution in [0.4, 0.5) is 15.8 Å². The van der Waals surface area contributed by atoms with Crippen LogP contribution < -0.4 is 10.6 Å². The second kappa shape index (κ2) is 8.15. The van der Waals surface area contributed by atoms with Gasteiger partial charge in [0.15, 0.2) is 0 Å². The standard InChI is InChI=1S/C19H20ClFN4O/c1-19(2,3)16(21)11-24-18(26)14-10-23-17(20)8-15(14)25-13-6-4-12(9-22)5-7-13/h4-8,10,16H,11H2,1-3H3,(H,23,25)(H,24,26)/t16-/m1/s1. The number of pyridine rings is 1. The van der Waals surface area contributed by atoms with Crippen LogP contribution in [0.15, 0.2) is 36.5 Å². The molecule has 0 saturated heterocycles. The van der Waals surface area contributed by atoms with Gasteiger partial charge in [0.1, 0.15) is 11.3 Å². The van der Waals surface area contributed by atoms with Crippen LogP contribution in [0.3, 0.4) is 0 Å². The number of carbonyl (C=O) groups is 1. The molecule has 1 aromatic carbocycles. The molecule has 2 N–H and O–H groups in total. The smallest absolute Gasteiger partial charge is 0.255 e. The van der Waals surface area contributed by atoms with E-state index in [1.165, 1.54) is 12.3 Å². The molecule has 0 spiro atoms. The van der Waals surface area contributed by atoms with Crippen LogP contribution in [0, 0.1) is 16.7 Å². The Labute approximate surface area is 157 Å². The number of benzene rings is 1. The molecular weight excluding hydrogens is 355 g/mol. The topological polar surface area (TPSA) is 77.8 Å². The third-order valence-corrected chi connectivity index (χ3v) is 4.00. The van der Waals surface area contributed by atoms with Crippen molar-refractivity contribution < 1.29 is 9.18 Å². The Bertz CT molecular complexity index is 825. The van der Waals surface area contributed by atoms with E-state index in [9.17, 15) is 9.18 Å². The van der Waals surface area contributed by atoms with Gasteiger partial charge in [0, 0.05) is 18.4 Å². The summed E-state index contributed by atoms with van der Waals surface area (Å²) in [4.78, 5) is 16.4. The number of nitrogens with one attached hydrogen (secondary N) is 2. The fraction of sp³-hybridized carbons (Fsp3) is 0.316. The average Bonchev–Trinajstić information content (AvgIpc) is 2.59. The summed E-state index contributed by atoms with van der Waals surface area (Å²) < 4.78 is 14.1. The number of aromatic nitrogens is 1. The van der Waals surface area contributed by atoms with Crippen molar-refractivity contribution >= 4 is 28.9 Å². The zero-order valence-electron chi connectivity index (χ0n) is 14.8. The van der Waals surface area contributed by atoms with Gasteiger partial charge in [-0.05, 0) is 35.7 Å². The van der Waals surface area contributed by atoms with Gasteiger partial charge in [0.05, 0.1) is 22.9 Å². The highest BCUT2D eigenvalue weighted by Gasteiger charge is 2.25. The van der Waals surface area contributed by atoms with Crippen LogP contribution >= 0.6 is 11.6 Å². The summed E-state index contributed by atoms with van der Waals surface area (Å²) in [5, 5.41) is 14.7. The lowest BCUT2D eigenvalue weighted by Crippen LogP contribution is -2.36. The zero-order valence-corrected chi connectivity index (χ0v) is 15.6. The lowest BCUT2D eigenvalue weighted by Gasteiger charge is -2.24. The molecule has 1 atom stereocenters. The van der Waals surface area contributed by atoms with E-state index in [0.29, 0.717) is 16.9 Å². The Morgan fingerprint density at radius 2 is 2.00 bits per heavy atom. The Morgan fingerprint density at radius 1 is 1.35 bits per heavy atom. The van der Waals surface area contributed by atoms with Gasteiger partial charge in [-0.15, -0.1) is 0 Å². The van der Waals surface area contributed by atoms with E-state index < -0.39 is 17.5 Å². The maximum absolute atomic E-state index is 14.1. The SMILES string of the molecule is CC(C)(C)[C@H](F)CNC(=O)c1cnc(Cl)cc1Nc1ccc(C#N)cc1. The van der Waals surface area contributed by atoms with Crippen molar-refractivity contribution in [1.29, 1.82) is 5.26 Å². The molecule has 5 nitrogen and oxygen atoms in total. The van der Waals surface area contributed by atoms with Gasteiger partial charge in [0.25, 0.3) is 5.91 Å². The number of hydrogen-bond donors (Lipinski definition) is 2. The number of rotatable bonds is 5. The first kappa shape index (κ1) is 19.7. The Hall–Kier alpha value is -2.65. The van der Waals surface area contributed by atoms with Crippen molar-refractivity contribution in [2.45, 2.75) is 26.9 Å². The lowest BCUT2D eigenvalue weighted by molar-refractivity contribution is 0.0912. The molecule has 0 aliphatic rings. The molecule has 0 aliphatic heterocycles. The molecule has 1 amide bonds. The highest BCUT2D eigenvalue weighted by molar-refractivity contribution is 6.29. The minimum atomic E-state index is -1.18. The van der Waals surface area contributed by atoms with Crippen LogP contribution in [0.2, 0.25) is 5.15 Å². The van der Waals surface area contributed by atoms with Gasteiger partial charge in [-0.3, -0.25) is 4.79 Å². The van der Waals surface area contributed by atoms with E-state index in [2.05, 4.69) is 15.6 Å². The maximum atomic E-state index is 14.1. The van der Waals surface area contributed by atoms with Gasteiger partial charge in [-0.2, -0.15) is 5.26 Å². The number of amides is 1. The zero-order chi connectivity index (χ0) is 19.3. The lowest BCUT2D eigenvalue weighted by atomic mass is 9.90. The minimum Gasteiger partial charge on any atom is -0.355 e. The molecule has 1 aromatic heterocycles. The van der Waals surface area contributed by atoms with E-state index in [-0.39, 0.29) is 17.3 Å². The summed E-state index contributed by atoms with van der Waals surface area (Å²) in [6, 6.07) is 10.3. The van der Waals surface area contributed by atoms with E-state index in [4.69, 9.17) is 16.9 Å². The summed E-state index contributed by atoms with van der Waals surface area (Å²) >= 11 is 5.94. The number of nitriles is 1. The first-order chi connectivity index (χ1) is 12.2. The Morgan fingerprint density at radius 3 is 2.58 bits per heavy atom. The van der Waals surface area contributed by atoms with Crippen LogP contribution in [-0.4, -0.2) is 23.6 Å². The summed E-state index contributed by atoms with van der Waals surface area (Å²) in [6.07, 6.45) is 0.162. The predicted molar refractivity (Wildman–Crippen MR) is 100 cm³/mol. The molecule has 0 fully saturated rings. The number of nitrogens with zero attached hydrogens (tertiary/aromatic N) is 2. The Balaban J connectivity index is 2.18. The van der Waals surface area contributed by atoms with Gasteiger partial charge in [-0.1, -0.05) is 32.4 Å². The fourth-order valence-corrected chi connectivity index (χ4v) is 2.24. The minimum absolute atomic E-state index is 0.0960.